The van der Waals surface area contributed by atoms with Crippen LogP contribution in [-0.2, 0) is 0 Å². The van der Waals surface area contributed by atoms with Gasteiger partial charge in [0.15, 0.2) is 0 Å². The molecule has 23 heavy (non-hydrogen) atoms. The smallest absolute Gasteiger partial charge is 0.110 e. The molecule has 0 fully saturated rings. The molecule has 1 aliphatic rings. The average molecular weight is 324 g/mol. The van der Waals surface area contributed by atoms with Gasteiger partial charge in [0.05, 0.1) is 23.6 Å². The molecule has 3 aromatic rings. The number of benzene rings is 2. The predicted molar refractivity (Wildman–Crippen MR) is 93.1 cm³/mol. The van der Waals surface area contributed by atoms with Crippen molar-refractivity contribution in [2.75, 3.05) is 0 Å². The van der Waals surface area contributed by atoms with Gasteiger partial charge >= 0.3 is 0 Å². The zero-order valence-corrected chi connectivity index (χ0v) is 13.9. The zero-order chi connectivity index (χ0) is 16.0. The molecule has 0 bridgehead atoms. The summed E-state index contributed by atoms with van der Waals surface area (Å²) < 4.78 is 2.23. The van der Waals surface area contributed by atoms with Crippen LogP contribution in [0.3, 0.4) is 0 Å². The van der Waals surface area contributed by atoms with Gasteiger partial charge in [-0.3, -0.25) is 9.88 Å². The van der Waals surface area contributed by atoms with E-state index in [1.54, 1.807) is 0 Å². The van der Waals surface area contributed by atoms with Gasteiger partial charge in [-0.1, -0.05) is 41.9 Å². The molecule has 1 N–H and O–H groups in total. The van der Waals surface area contributed by atoms with Crippen LogP contribution in [0.25, 0.3) is 5.69 Å². The van der Waals surface area contributed by atoms with E-state index < -0.39 is 0 Å². The summed E-state index contributed by atoms with van der Waals surface area (Å²) in [5.74, 6) is 0.992. The normalized spacial score (nSPS) is 19.8. The van der Waals surface area contributed by atoms with E-state index >= 15 is 0 Å². The molecule has 0 aliphatic carbocycles. The molecule has 2 aromatic carbocycles. The fraction of sp³-hybridized carbons (Fsp3) is 0.211. The van der Waals surface area contributed by atoms with Crippen molar-refractivity contribution in [3.8, 4) is 5.69 Å². The molecule has 1 aromatic heterocycles. The van der Waals surface area contributed by atoms with Gasteiger partial charge < -0.3 is 0 Å². The average Bonchev–Trinajstić information content (AvgIpc) is 2.89. The molecular weight excluding hydrogens is 306 g/mol. The first kappa shape index (κ1) is 14.5. The Hall–Kier alpha value is -2.10. The van der Waals surface area contributed by atoms with Gasteiger partial charge in [-0.15, -0.1) is 0 Å². The highest BCUT2D eigenvalue weighted by atomic mass is 35.5. The SMILES string of the molecule is Cc1ncc2n1-c1ccc(Cl)cc1C(c1ccccc1)NC2C. The summed E-state index contributed by atoms with van der Waals surface area (Å²) in [6, 6.07) is 16.9. The number of halogens is 1. The van der Waals surface area contributed by atoms with E-state index in [4.69, 9.17) is 11.6 Å². The van der Waals surface area contributed by atoms with Crippen LogP contribution in [0.15, 0.2) is 54.7 Å². The van der Waals surface area contributed by atoms with Gasteiger partial charge in [-0.25, -0.2) is 4.98 Å². The zero-order valence-electron chi connectivity index (χ0n) is 13.1. The topological polar surface area (TPSA) is 29.9 Å². The fourth-order valence-electron chi connectivity index (χ4n) is 3.39. The Morgan fingerprint density at radius 2 is 1.91 bits per heavy atom. The Morgan fingerprint density at radius 1 is 1.13 bits per heavy atom. The molecule has 1 aliphatic heterocycles. The lowest BCUT2D eigenvalue weighted by atomic mass is 9.97. The molecule has 2 heterocycles. The number of hydrogen-bond acceptors (Lipinski definition) is 2. The number of hydrogen-bond donors (Lipinski definition) is 1. The molecule has 2 unspecified atom stereocenters. The van der Waals surface area contributed by atoms with Crippen molar-refractivity contribution < 1.29 is 0 Å². The molecular formula is C19H18ClN3. The van der Waals surface area contributed by atoms with E-state index in [-0.39, 0.29) is 12.1 Å². The number of aromatic nitrogens is 2. The van der Waals surface area contributed by atoms with E-state index in [0.29, 0.717) is 0 Å². The summed E-state index contributed by atoms with van der Waals surface area (Å²) in [5.41, 5.74) is 4.73. The van der Waals surface area contributed by atoms with Crippen LogP contribution >= 0.6 is 11.6 Å². The third kappa shape index (κ3) is 2.37. The second-order valence-corrected chi connectivity index (χ2v) is 6.44. The first-order valence-corrected chi connectivity index (χ1v) is 8.18. The molecule has 0 radical (unpaired) electrons. The van der Waals surface area contributed by atoms with Gasteiger partial charge in [0, 0.05) is 11.1 Å². The van der Waals surface area contributed by atoms with Crippen LogP contribution in [-0.4, -0.2) is 9.55 Å². The quantitative estimate of drug-likeness (QED) is 0.710. The summed E-state index contributed by atoms with van der Waals surface area (Å²) in [6.07, 6.45) is 1.96. The van der Waals surface area contributed by atoms with Crippen molar-refractivity contribution in [3.05, 3.63) is 82.4 Å². The van der Waals surface area contributed by atoms with Crippen LogP contribution < -0.4 is 5.32 Å². The number of nitrogens with one attached hydrogen (secondary N) is 1. The molecule has 0 spiro atoms. The van der Waals surface area contributed by atoms with Crippen molar-refractivity contribution in [2.24, 2.45) is 0 Å². The maximum absolute atomic E-state index is 6.31. The Labute approximate surface area is 140 Å². The highest BCUT2D eigenvalue weighted by molar-refractivity contribution is 6.30. The minimum atomic E-state index is 0.0965. The maximum atomic E-state index is 6.31. The fourth-order valence-corrected chi connectivity index (χ4v) is 3.57. The predicted octanol–water partition coefficient (Wildman–Crippen LogP) is 4.59. The summed E-state index contributed by atoms with van der Waals surface area (Å²) in [7, 11) is 0. The number of aryl methyl sites for hydroxylation is 1. The largest absolute Gasteiger partial charge is 0.299 e. The summed E-state index contributed by atoms with van der Waals surface area (Å²) in [5, 5.41) is 4.48. The number of nitrogens with zero attached hydrogens (tertiary/aromatic N) is 2. The molecule has 4 rings (SSSR count). The molecule has 2 atom stereocenters. The van der Waals surface area contributed by atoms with Crippen LogP contribution in [0.2, 0.25) is 5.02 Å². The van der Waals surface area contributed by atoms with Crippen molar-refractivity contribution in [2.45, 2.75) is 25.9 Å². The van der Waals surface area contributed by atoms with Crippen LogP contribution in [0.4, 0.5) is 0 Å². The minimum absolute atomic E-state index is 0.0965. The first-order chi connectivity index (χ1) is 11.1. The van der Waals surface area contributed by atoms with E-state index in [0.717, 1.165) is 16.5 Å². The van der Waals surface area contributed by atoms with Crippen molar-refractivity contribution in [1.82, 2.24) is 14.9 Å². The van der Waals surface area contributed by atoms with Crippen molar-refractivity contribution in [1.29, 1.82) is 0 Å². The van der Waals surface area contributed by atoms with E-state index in [2.05, 4.69) is 58.2 Å². The number of fused-ring (bicyclic) bond motifs is 3. The van der Waals surface area contributed by atoms with Crippen molar-refractivity contribution in [3.63, 3.8) is 0 Å². The van der Waals surface area contributed by atoms with Crippen LogP contribution in [0, 0.1) is 6.92 Å². The lowest BCUT2D eigenvalue weighted by molar-refractivity contribution is 0.516. The van der Waals surface area contributed by atoms with Gasteiger partial charge in [0.2, 0.25) is 0 Å². The number of imidazole rings is 1. The number of rotatable bonds is 1. The molecule has 0 saturated carbocycles. The highest BCUT2D eigenvalue weighted by Crippen LogP contribution is 2.36. The molecule has 116 valence electrons. The monoisotopic (exact) mass is 323 g/mol. The molecule has 0 amide bonds. The third-order valence-corrected chi connectivity index (χ3v) is 4.74. The van der Waals surface area contributed by atoms with E-state index in [1.165, 1.54) is 16.8 Å². The lowest BCUT2D eigenvalue weighted by Gasteiger charge is -2.22. The summed E-state index contributed by atoms with van der Waals surface area (Å²) in [4.78, 5) is 4.50. The Morgan fingerprint density at radius 3 is 2.70 bits per heavy atom. The third-order valence-electron chi connectivity index (χ3n) is 4.50. The molecule has 3 nitrogen and oxygen atoms in total. The van der Waals surface area contributed by atoms with E-state index in [1.807, 2.05) is 25.3 Å². The maximum Gasteiger partial charge on any atom is 0.110 e. The molecule has 4 heteroatoms. The van der Waals surface area contributed by atoms with Crippen LogP contribution in [0.5, 0.6) is 0 Å². The first-order valence-electron chi connectivity index (χ1n) is 7.80. The standard InChI is InChI=1S/C19H18ClN3/c1-12-18-11-21-13(2)23(18)17-9-8-15(20)10-16(17)19(22-12)14-6-4-3-5-7-14/h3-12,19,22H,1-2H3. The second-order valence-electron chi connectivity index (χ2n) is 6.00. The Kier molecular flexibility index (Phi) is 3.47. The highest BCUT2D eigenvalue weighted by Gasteiger charge is 2.28. The van der Waals surface area contributed by atoms with Crippen LogP contribution in [0.1, 0.15) is 41.7 Å². The van der Waals surface area contributed by atoms with Gasteiger partial charge in [-0.2, -0.15) is 0 Å². The lowest BCUT2D eigenvalue weighted by Crippen LogP contribution is -2.24. The minimum Gasteiger partial charge on any atom is -0.299 e. The second kappa shape index (κ2) is 5.52. The van der Waals surface area contributed by atoms with E-state index in [9.17, 15) is 0 Å². The van der Waals surface area contributed by atoms with Gasteiger partial charge in [0.25, 0.3) is 0 Å². The summed E-state index contributed by atoms with van der Waals surface area (Å²) >= 11 is 6.31. The summed E-state index contributed by atoms with van der Waals surface area (Å²) in [6.45, 7) is 4.22. The Balaban J connectivity index is 1.99. The van der Waals surface area contributed by atoms with Gasteiger partial charge in [-0.05, 0) is 43.2 Å². The van der Waals surface area contributed by atoms with Crippen molar-refractivity contribution >= 4 is 11.6 Å². The molecule has 0 saturated heterocycles. The Bertz CT molecular complexity index is 854. The van der Waals surface area contributed by atoms with Gasteiger partial charge in [0.1, 0.15) is 5.82 Å².